The summed E-state index contributed by atoms with van der Waals surface area (Å²) in [5.74, 6) is 0.426. The molecular formula is C13H18FN5. The number of aromatic nitrogens is 4. The van der Waals surface area contributed by atoms with Crippen molar-refractivity contribution < 1.29 is 4.39 Å². The largest absolute Gasteiger partial charge is 0.307 e. The van der Waals surface area contributed by atoms with Gasteiger partial charge in [-0.05, 0) is 49.4 Å². The summed E-state index contributed by atoms with van der Waals surface area (Å²) in [7, 11) is 0. The van der Waals surface area contributed by atoms with Gasteiger partial charge >= 0.3 is 0 Å². The second-order valence-corrected chi connectivity index (χ2v) is 4.51. The van der Waals surface area contributed by atoms with Crippen LogP contribution in [0.1, 0.15) is 37.7 Å². The summed E-state index contributed by atoms with van der Waals surface area (Å²) >= 11 is 0. The van der Waals surface area contributed by atoms with Crippen LogP contribution in [0.4, 0.5) is 4.39 Å². The fraction of sp³-hybridized carbons (Fsp3) is 0.462. The van der Waals surface area contributed by atoms with Crippen molar-refractivity contribution in [1.29, 1.82) is 0 Å². The van der Waals surface area contributed by atoms with Crippen molar-refractivity contribution in [3.8, 4) is 5.69 Å². The van der Waals surface area contributed by atoms with E-state index in [0.717, 1.165) is 13.0 Å². The average molecular weight is 263 g/mol. The second-order valence-electron chi connectivity index (χ2n) is 4.51. The van der Waals surface area contributed by atoms with Crippen molar-refractivity contribution in [3.63, 3.8) is 0 Å². The van der Waals surface area contributed by atoms with Gasteiger partial charge in [0.2, 0.25) is 0 Å². The zero-order valence-corrected chi connectivity index (χ0v) is 11.4. The first kappa shape index (κ1) is 13.6. The molecule has 1 unspecified atom stereocenters. The Morgan fingerprint density at radius 3 is 2.95 bits per heavy atom. The lowest BCUT2D eigenvalue weighted by atomic mass is 10.2. The van der Waals surface area contributed by atoms with E-state index < -0.39 is 0 Å². The first-order valence-electron chi connectivity index (χ1n) is 6.42. The molecule has 2 aromatic rings. The van der Waals surface area contributed by atoms with Gasteiger partial charge in [0.05, 0.1) is 11.7 Å². The first-order chi connectivity index (χ1) is 9.15. The number of hydrogen-bond acceptors (Lipinski definition) is 4. The minimum absolute atomic E-state index is 0.0117. The van der Waals surface area contributed by atoms with Crippen LogP contribution in [0.2, 0.25) is 0 Å². The van der Waals surface area contributed by atoms with Crippen LogP contribution in [-0.2, 0) is 0 Å². The third kappa shape index (κ3) is 2.78. The highest BCUT2D eigenvalue weighted by Crippen LogP contribution is 2.19. The third-order valence-electron chi connectivity index (χ3n) is 3.05. The smallest absolute Gasteiger partial charge is 0.173 e. The summed E-state index contributed by atoms with van der Waals surface area (Å²) in [6, 6.07) is 4.91. The maximum Gasteiger partial charge on any atom is 0.173 e. The number of halogens is 1. The third-order valence-corrected chi connectivity index (χ3v) is 3.05. The standard InChI is InChI=1S/C13H18FN5/c1-4-8-15-10(3)13-16-17-18-19(13)12-7-5-6-11(14)9(12)2/h5-7,10,15H,4,8H2,1-3H3. The Morgan fingerprint density at radius 2 is 2.21 bits per heavy atom. The Balaban J connectivity index is 2.36. The van der Waals surface area contributed by atoms with Crippen molar-refractivity contribution in [3.05, 3.63) is 35.4 Å². The van der Waals surface area contributed by atoms with E-state index in [2.05, 4.69) is 27.8 Å². The van der Waals surface area contributed by atoms with Crippen molar-refractivity contribution in [2.75, 3.05) is 6.54 Å². The maximum atomic E-state index is 13.6. The van der Waals surface area contributed by atoms with Crippen LogP contribution in [0, 0.1) is 12.7 Å². The molecule has 0 radical (unpaired) electrons. The molecule has 0 amide bonds. The van der Waals surface area contributed by atoms with Crippen molar-refractivity contribution in [2.24, 2.45) is 0 Å². The molecule has 2 rings (SSSR count). The summed E-state index contributed by atoms with van der Waals surface area (Å²) in [5.41, 5.74) is 1.21. The number of tetrazole rings is 1. The fourth-order valence-electron chi connectivity index (χ4n) is 1.91. The average Bonchev–Trinajstić information content (AvgIpc) is 2.88. The van der Waals surface area contributed by atoms with Crippen LogP contribution in [0.25, 0.3) is 5.69 Å². The molecule has 1 heterocycles. The van der Waals surface area contributed by atoms with Crippen molar-refractivity contribution in [1.82, 2.24) is 25.5 Å². The van der Waals surface area contributed by atoms with E-state index in [0.29, 0.717) is 17.1 Å². The molecule has 19 heavy (non-hydrogen) atoms. The Labute approximate surface area is 111 Å². The highest BCUT2D eigenvalue weighted by atomic mass is 19.1. The molecule has 5 nitrogen and oxygen atoms in total. The second kappa shape index (κ2) is 5.88. The van der Waals surface area contributed by atoms with E-state index in [1.165, 1.54) is 6.07 Å². The number of nitrogens with one attached hydrogen (secondary N) is 1. The van der Waals surface area contributed by atoms with Gasteiger partial charge in [-0.25, -0.2) is 4.39 Å². The van der Waals surface area contributed by atoms with Gasteiger partial charge in [0, 0.05) is 5.56 Å². The number of nitrogens with zero attached hydrogens (tertiary/aromatic N) is 4. The van der Waals surface area contributed by atoms with Crippen LogP contribution in [-0.4, -0.2) is 26.8 Å². The van der Waals surface area contributed by atoms with Crippen LogP contribution >= 0.6 is 0 Å². The molecule has 0 saturated carbocycles. The number of rotatable bonds is 5. The molecule has 0 bridgehead atoms. The molecule has 1 aromatic heterocycles. The molecule has 1 N–H and O–H groups in total. The van der Waals surface area contributed by atoms with Crippen molar-refractivity contribution in [2.45, 2.75) is 33.2 Å². The van der Waals surface area contributed by atoms with Gasteiger partial charge in [0.25, 0.3) is 0 Å². The zero-order valence-electron chi connectivity index (χ0n) is 11.4. The monoisotopic (exact) mass is 263 g/mol. The lowest BCUT2D eigenvalue weighted by Crippen LogP contribution is -2.23. The molecular weight excluding hydrogens is 245 g/mol. The van der Waals surface area contributed by atoms with Crippen molar-refractivity contribution >= 4 is 0 Å². The predicted molar refractivity (Wildman–Crippen MR) is 70.6 cm³/mol. The lowest BCUT2D eigenvalue weighted by molar-refractivity contribution is 0.529. The molecule has 1 aromatic carbocycles. The van der Waals surface area contributed by atoms with E-state index in [1.807, 2.05) is 13.0 Å². The van der Waals surface area contributed by atoms with Crippen LogP contribution in [0.3, 0.4) is 0 Å². The highest BCUT2D eigenvalue weighted by Gasteiger charge is 2.17. The summed E-state index contributed by atoms with van der Waals surface area (Å²) in [6.07, 6.45) is 1.03. The number of hydrogen-bond donors (Lipinski definition) is 1. The quantitative estimate of drug-likeness (QED) is 0.898. The molecule has 6 heteroatoms. The van der Waals surface area contributed by atoms with E-state index >= 15 is 0 Å². The van der Waals surface area contributed by atoms with Crippen LogP contribution in [0.5, 0.6) is 0 Å². The molecule has 102 valence electrons. The van der Waals surface area contributed by atoms with Crippen LogP contribution in [0.15, 0.2) is 18.2 Å². The van der Waals surface area contributed by atoms with E-state index in [9.17, 15) is 4.39 Å². The molecule has 0 aliphatic rings. The molecule has 0 saturated heterocycles. The Morgan fingerprint density at radius 1 is 1.42 bits per heavy atom. The normalized spacial score (nSPS) is 12.6. The Bertz CT molecular complexity index is 552. The minimum atomic E-state index is -0.256. The Hall–Kier alpha value is -1.82. The summed E-state index contributed by atoms with van der Waals surface area (Å²) < 4.78 is 15.2. The number of benzene rings is 1. The van der Waals surface area contributed by atoms with Gasteiger partial charge in [-0.3, -0.25) is 0 Å². The van der Waals surface area contributed by atoms with Gasteiger partial charge in [0.1, 0.15) is 5.82 Å². The zero-order chi connectivity index (χ0) is 13.8. The summed E-state index contributed by atoms with van der Waals surface area (Å²) in [4.78, 5) is 0. The Kier molecular flexibility index (Phi) is 4.21. The summed E-state index contributed by atoms with van der Waals surface area (Å²) in [6.45, 7) is 6.70. The van der Waals surface area contributed by atoms with Gasteiger partial charge < -0.3 is 5.32 Å². The van der Waals surface area contributed by atoms with Crippen LogP contribution < -0.4 is 5.32 Å². The molecule has 0 spiro atoms. The van der Waals surface area contributed by atoms with Gasteiger partial charge in [-0.1, -0.05) is 13.0 Å². The topological polar surface area (TPSA) is 55.6 Å². The lowest BCUT2D eigenvalue weighted by Gasteiger charge is -2.14. The highest BCUT2D eigenvalue weighted by molar-refractivity contribution is 5.40. The molecule has 0 fully saturated rings. The van der Waals surface area contributed by atoms with E-state index in [1.54, 1.807) is 17.7 Å². The molecule has 0 aliphatic heterocycles. The van der Waals surface area contributed by atoms with Gasteiger partial charge in [0.15, 0.2) is 5.82 Å². The van der Waals surface area contributed by atoms with E-state index in [4.69, 9.17) is 0 Å². The summed E-state index contributed by atoms with van der Waals surface area (Å²) in [5, 5.41) is 15.0. The molecule has 0 aliphatic carbocycles. The minimum Gasteiger partial charge on any atom is -0.307 e. The fourth-order valence-corrected chi connectivity index (χ4v) is 1.91. The molecule has 1 atom stereocenters. The maximum absolute atomic E-state index is 13.6. The first-order valence-corrected chi connectivity index (χ1v) is 6.42. The van der Waals surface area contributed by atoms with Gasteiger partial charge in [-0.2, -0.15) is 4.68 Å². The predicted octanol–water partition coefficient (Wildman–Crippen LogP) is 2.17. The van der Waals surface area contributed by atoms with Gasteiger partial charge in [-0.15, -0.1) is 5.10 Å². The SMILES string of the molecule is CCCNC(C)c1nnnn1-c1cccc(F)c1C. The van der Waals surface area contributed by atoms with E-state index in [-0.39, 0.29) is 11.9 Å².